The summed E-state index contributed by atoms with van der Waals surface area (Å²) in [6.07, 6.45) is 4.40. The van der Waals surface area contributed by atoms with E-state index < -0.39 is 0 Å². The molecule has 5 heteroatoms. The molecule has 0 radical (unpaired) electrons. The number of rotatable bonds is 1. The van der Waals surface area contributed by atoms with Crippen molar-refractivity contribution in [2.45, 2.75) is 19.3 Å². The van der Waals surface area contributed by atoms with E-state index in [0.29, 0.717) is 5.92 Å². The molecule has 1 saturated heterocycles. The highest BCUT2D eigenvalue weighted by molar-refractivity contribution is 5.51. The number of imidazole rings is 1. The lowest BCUT2D eigenvalue weighted by Gasteiger charge is -2.02. The van der Waals surface area contributed by atoms with Crippen LogP contribution in [0.15, 0.2) is 12.5 Å². The molecule has 5 nitrogen and oxygen atoms in total. The van der Waals surface area contributed by atoms with Crippen LogP contribution in [0.2, 0.25) is 0 Å². The van der Waals surface area contributed by atoms with Crippen LogP contribution in [-0.2, 0) is 4.74 Å². The minimum Gasteiger partial charge on any atom is -0.381 e. The Labute approximate surface area is 87.1 Å². The quantitative estimate of drug-likeness (QED) is 0.693. The molecular formula is C10H12N4O. The normalized spacial score (nSPS) is 21.3. The van der Waals surface area contributed by atoms with Gasteiger partial charge in [0.15, 0.2) is 0 Å². The predicted octanol–water partition coefficient (Wildman–Crippen LogP) is 0.937. The van der Waals surface area contributed by atoms with Crippen molar-refractivity contribution in [3.63, 3.8) is 0 Å². The summed E-state index contributed by atoms with van der Waals surface area (Å²) >= 11 is 0. The van der Waals surface area contributed by atoms with E-state index in [1.54, 1.807) is 0 Å². The monoisotopic (exact) mass is 204 g/mol. The van der Waals surface area contributed by atoms with E-state index in [9.17, 15) is 0 Å². The second-order valence-electron chi connectivity index (χ2n) is 3.81. The maximum atomic E-state index is 5.38. The maximum absolute atomic E-state index is 5.38. The molecule has 0 N–H and O–H groups in total. The van der Waals surface area contributed by atoms with Crippen LogP contribution in [0.25, 0.3) is 5.52 Å². The van der Waals surface area contributed by atoms with E-state index in [1.165, 1.54) is 6.33 Å². The smallest absolute Gasteiger partial charge is 0.136 e. The van der Waals surface area contributed by atoms with E-state index in [2.05, 4.69) is 15.1 Å². The van der Waals surface area contributed by atoms with Crippen molar-refractivity contribution in [1.29, 1.82) is 0 Å². The minimum absolute atomic E-state index is 0.402. The highest BCUT2D eigenvalue weighted by Crippen LogP contribution is 2.27. The molecule has 78 valence electrons. The number of fused-ring (bicyclic) bond motifs is 1. The van der Waals surface area contributed by atoms with E-state index in [4.69, 9.17) is 4.74 Å². The molecule has 1 aliphatic heterocycles. The first-order valence-corrected chi connectivity index (χ1v) is 5.09. The molecule has 15 heavy (non-hydrogen) atoms. The molecule has 1 fully saturated rings. The molecule has 0 unspecified atom stereocenters. The standard InChI is InChI=1S/C10H12N4O/c1-7-13-10(8-2-3-15-5-8)9-4-11-6-12-14(7)9/h4,6,8H,2-3,5H2,1H3/t8-/m1/s1. The molecule has 3 heterocycles. The Balaban J connectivity index is 2.17. The van der Waals surface area contributed by atoms with Crippen LogP contribution < -0.4 is 0 Å². The molecular weight excluding hydrogens is 192 g/mol. The fraction of sp³-hybridized carbons (Fsp3) is 0.500. The minimum atomic E-state index is 0.402. The summed E-state index contributed by atoms with van der Waals surface area (Å²) in [7, 11) is 0. The molecule has 0 aliphatic carbocycles. The molecule has 1 aliphatic rings. The van der Waals surface area contributed by atoms with Crippen molar-refractivity contribution >= 4 is 5.52 Å². The lowest BCUT2D eigenvalue weighted by molar-refractivity contribution is 0.193. The summed E-state index contributed by atoms with van der Waals surface area (Å²) < 4.78 is 7.21. The average molecular weight is 204 g/mol. The number of nitrogens with zero attached hydrogens (tertiary/aromatic N) is 4. The molecule has 0 aromatic carbocycles. The van der Waals surface area contributed by atoms with Gasteiger partial charge in [0.2, 0.25) is 0 Å². The SMILES string of the molecule is Cc1nc([C@@H]2CCOC2)c2cncnn12. The fourth-order valence-corrected chi connectivity index (χ4v) is 2.06. The van der Waals surface area contributed by atoms with Crippen LogP contribution in [0.5, 0.6) is 0 Å². The van der Waals surface area contributed by atoms with Gasteiger partial charge in [0.05, 0.1) is 18.5 Å². The first-order valence-electron chi connectivity index (χ1n) is 5.09. The van der Waals surface area contributed by atoms with Crippen molar-refractivity contribution in [3.8, 4) is 0 Å². The molecule has 0 amide bonds. The topological polar surface area (TPSA) is 52.3 Å². The lowest BCUT2D eigenvalue weighted by Crippen LogP contribution is -1.99. The van der Waals surface area contributed by atoms with Gasteiger partial charge < -0.3 is 4.74 Å². The number of aromatic nitrogens is 4. The van der Waals surface area contributed by atoms with Gasteiger partial charge in [-0.05, 0) is 13.3 Å². The van der Waals surface area contributed by atoms with Crippen molar-refractivity contribution in [2.75, 3.05) is 13.2 Å². The van der Waals surface area contributed by atoms with Crippen molar-refractivity contribution < 1.29 is 4.74 Å². The summed E-state index contributed by atoms with van der Waals surface area (Å²) in [6.45, 7) is 3.55. The second-order valence-corrected chi connectivity index (χ2v) is 3.81. The summed E-state index contributed by atoms with van der Waals surface area (Å²) in [5, 5.41) is 4.18. The molecule has 3 rings (SSSR count). The zero-order chi connectivity index (χ0) is 10.3. The fourth-order valence-electron chi connectivity index (χ4n) is 2.06. The predicted molar refractivity (Wildman–Crippen MR) is 53.7 cm³/mol. The van der Waals surface area contributed by atoms with Crippen molar-refractivity contribution in [3.05, 3.63) is 24.0 Å². The van der Waals surface area contributed by atoms with E-state index in [1.807, 2.05) is 17.6 Å². The highest BCUT2D eigenvalue weighted by Gasteiger charge is 2.23. The largest absolute Gasteiger partial charge is 0.381 e. The van der Waals surface area contributed by atoms with Gasteiger partial charge in [0, 0.05) is 12.5 Å². The van der Waals surface area contributed by atoms with Crippen LogP contribution in [0.3, 0.4) is 0 Å². The number of ether oxygens (including phenoxy) is 1. The van der Waals surface area contributed by atoms with Gasteiger partial charge in [-0.3, -0.25) is 0 Å². The van der Waals surface area contributed by atoms with Crippen LogP contribution in [0.4, 0.5) is 0 Å². The number of aryl methyl sites for hydroxylation is 1. The summed E-state index contributed by atoms with van der Waals surface area (Å²) in [6, 6.07) is 0. The zero-order valence-corrected chi connectivity index (χ0v) is 8.55. The average Bonchev–Trinajstić information content (AvgIpc) is 2.87. The van der Waals surface area contributed by atoms with Gasteiger partial charge in [-0.1, -0.05) is 0 Å². The Kier molecular flexibility index (Phi) is 1.92. The second kappa shape index (κ2) is 3.27. The highest BCUT2D eigenvalue weighted by atomic mass is 16.5. The van der Waals surface area contributed by atoms with Crippen LogP contribution >= 0.6 is 0 Å². The Morgan fingerprint density at radius 1 is 1.53 bits per heavy atom. The maximum Gasteiger partial charge on any atom is 0.136 e. The van der Waals surface area contributed by atoms with Gasteiger partial charge in [-0.25, -0.2) is 14.5 Å². The number of hydrogen-bond donors (Lipinski definition) is 0. The number of hydrogen-bond acceptors (Lipinski definition) is 4. The zero-order valence-electron chi connectivity index (χ0n) is 8.55. The molecule has 0 bridgehead atoms. The van der Waals surface area contributed by atoms with Crippen LogP contribution in [-0.4, -0.2) is 32.8 Å². The Morgan fingerprint density at radius 2 is 2.47 bits per heavy atom. The molecule has 0 saturated carbocycles. The Bertz CT molecular complexity index is 487. The first-order chi connectivity index (χ1) is 7.36. The summed E-state index contributed by atoms with van der Waals surface area (Å²) in [5.74, 6) is 1.31. The van der Waals surface area contributed by atoms with Gasteiger partial charge >= 0.3 is 0 Å². The third kappa shape index (κ3) is 1.31. The first kappa shape index (κ1) is 8.79. The van der Waals surface area contributed by atoms with Gasteiger partial charge in [0.25, 0.3) is 0 Å². The molecule has 2 aromatic heterocycles. The third-order valence-corrected chi connectivity index (χ3v) is 2.83. The Hall–Kier alpha value is -1.49. The van der Waals surface area contributed by atoms with Gasteiger partial charge in [-0.2, -0.15) is 5.10 Å². The summed E-state index contributed by atoms with van der Waals surface area (Å²) in [5.41, 5.74) is 2.08. The van der Waals surface area contributed by atoms with Crippen molar-refractivity contribution in [2.24, 2.45) is 0 Å². The van der Waals surface area contributed by atoms with E-state index >= 15 is 0 Å². The van der Waals surface area contributed by atoms with Gasteiger partial charge in [-0.15, -0.1) is 0 Å². The summed E-state index contributed by atoms with van der Waals surface area (Å²) in [4.78, 5) is 8.60. The molecule has 0 spiro atoms. The van der Waals surface area contributed by atoms with Gasteiger partial charge in [0.1, 0.15) is 17.7 Å². The lowest BCUT2D eigenvalue weighted by atomic mass is 10.0. The van der Waals surface area contributed by atoms with Crippen molar-refractivity contribution in [1.82, 2.24) is 19.6 Å². The van der Waals surface area contributed by atoms with E-state index in [-0.39, 0.29) is 0 Å². The Morgan fingerprint density at radius 3 is 3.27 bits per heavy atom. The van der Waals surface area contributed by atoms with Crippen LogP contribution in [0, 0.1) is 6.92 Å². The molecule has 1 atom stereocenters. The van der Waals surface area contributed by atoms with E-state index in [0.717, 1.165) is 36.7 Å². The van der Waals surface area contributed by atoms with Crippen LogP contribution in [0.1, 0.15) is 23.9 Å². The molecule has 2 aromatic rings. The third-order valence-electron chi connectivity index (χ3n) is 2.83.